The molecule has 3 rings (SSSR count). The van der Waals surface area contributed by atoms with Crippen LogP contribution in [0.3, 0.4) is 0 Å². The number of nitrogens with one attached hydrogen (secondary N) is 1. The van der Waals surface area contributed by atoms with Crippen molar-refractivity contribution in [1.82, 2.24) is 14.9 Å². The monoisotopic (exact) mass is 417 g/mol. The number of pyridine rings is 1. The maximum Gasteiger partial charge on any atom is 0.232 e. The van der Waals surface area contributed by atoms with Crippen LogP contribution in [0.1, 0.15) is 57.5 Å². The number of benzene rings is 1. The average Bonchev–Trinajstić information content (AvgIpc) is 3.20. The van der Waals surface area contributed by atoms with Gasteiger partial charge in [-0.05, 0) is 41.8 Å². The van der Waals surface area contributed by atoms with Gasteiger partial charge in [0.2, 0.25) is 17.5 Å². The molecule has 162 valence electrons. The first-order chi connectivity index (χ1) is 14.9. The quantitative estimate of drug-likeness (QED) is 0.529. The molecule has 0 aliphatic heterocycles. The number of anilines is 1. The van der Waals surface area contributed by atoms with Crippen LogP contribution in [0.5, 0.6) is 0 Å². The van der Waals surface area contributed by atoms with E-state index in [2.05, 4.69) is 85.1 Å². The Morgan fingerprint density at radius 3 is 2.39 bits per heavy atom. The van der Waals surface area contributed by atoms with Crippen molar-refractivity contribution in [3.05, 3.63) is 65.6 Å². The molecule has 1 atom stereocenters. The zero-order valence-electron chi connectivity index (χ0n) is 19.0. The van der Waals surface area contributed by atoms with E-state index < -0.39 is 0 Å². The molecule has 0 amide bonds. The summed E-state index contributed by atoms with van der Waals surface area (Å²) in [6.45, 7) is 13.4. The first kappa shape index (κ1) is 22.5. The van der Waals surface area contributed by atoms with Gasteiger partial charge in [0, 0.05) is 18.9 Å². The van der Waals surface area contributed by atoms with Crippen molar-refractivity contribution < 1.29 is 4.42 Å². The first-order valence-corrected chi connectivity index (χ1v) is 10.8. The predicted molar refractivity (Wildman–Crippen MR) is 124 cm³/mol. The smallest absolute Gasteiger partial charge is 0.232 e. The number of hydrogen-bond acceptors (Lipinski definition) is 6. The Kier molecular flexibility index (Phi) is 7.09. The second kappa shape index (κ2) is 9.76. The zero-order chi connectivity index (χ0) is 22.4. The van der Waals surface area contributed by atoms with Crippen molar-refractivity contribution >= 4 is 5.88 Å². The molecular weight excluding hydrogens is 386 g/mol. The van der Waals surface area contributed by atoms with Gasteiger partial charge in [-0.1, -0.05) is 58.9 Å². The molecule has 0 fully saturated rings. The average molecular weight is 418 g/mol. The van der Waals surface area contributed by atoms with E-state index in [0.29, 0.717) is 18.3 Å². The molecule has 1 N–H and O–H groups in total. The van der Waals surface area contributed by atoms with Crippen molar-refractivity contribution in [1.29, 1.82) is 5.26 Å². The molecule has 0 saturated heterocycles. The fourth-order valence-corrected chi connectivity index (χ4v) is 3.65. The van der Waals surface area contributed by atoms with Gasteiger partial charge >= 0.3 is 0 Å². The van der Waals surface area contributed by atoms with E-state index in [1.807, 2.05) is 12.1 Å². The van der Waals surface area contributed by atoms with Gasteiger partial charge in [0.15, 0.2) is 0 Å². The molecule has 3 aromatic rings. The third-order valence-electron chi connectivity index (χ3n) is 5.51. The normalized spacial score (nSPS) is 12.5. The Hall–Kier alpha value is -3.17. The maximum absolute atomic E-state index is 9.53. The van der Waals surface area contributed by atoms with E-state index in [-0.39, 0.29) is 17.2 Å². The van der Waals surface area contributed by atoms with Crippen LogP contribution in [0.25, 0.3) is 11.5 Å². The number of nitriles is 1. The fourth-order valence-electron chi connectivity index (χ4n) is 3.65. The lowest BCUT2D eigenvalue weighted by molar-refractivity contribution is 0.227. The van der Waals surface area contributed by atoms with Crippen LogP contribution in [-0.2, 0) is 5.41 Å². The van der Waals surface area contributed by atoms with Crippen LogP contribution in [0.15, 0.2) is 53.2 Å². The minimum Gasteiger partial charge on any atom is -0.419 e. The van der Waals surface area contributed by atoms with Crippen molar-refractivity contribution in [2.24, 2.45) is 0 Å². The van der Waals surface area contributed by atoms with Crippen LogP contribution in [0.4, 0.5) is 5.88 Å². The minimum atomic E-state index is 0.117. The Balaban J connectivity index is 1.85. The molecule has 0 bridgehead atoms. The second-order valence-electron chi connectivity index (χ2n) is 8.54. The third kappa shape index (κ3) is 5.31. The third-order valence-corrected chi connectivity index (χ3v) is 5.51. The van der Waals surface area contributed by atoms with Crippen molar-refractivity contribution in [3.63, 3.8) is 0 Å². The lowest BCUT2D eigenvalue weighted by Crippen LogP contribution is -2.33. The molecule has 0 aliphatic carbocycles. The van der Waals surface area contributed by atoms with Crippen LogP contribution < -0.4 is 5.32 Å². The molecule has 31 heavy (non-hydrogen) atoms. The standard InChI is InChI=1S/C25H31N5O/c1-6-30(7-2)22(18-10-12-20(13-11-18)25(3,4)5)17-28-24-21(15-26)29-23(31-24)19-9-8-14-27-16-19/h8-14,16,22,28H,6-7,17H2,1-5H3. The van der Waals surface area contributed by atoms with Gasteiger partial charge in [0.25, 0.3) is 0 Å². The van der Waals surface area contributed by atoms with E-state index in [0.717, 1.165) is 18.7 Å². The summed E-state index contributed by atoms with van der Waals surface area (Å²) in [6, 6.07) is 14.8. The highest BCUT2D eigenvalue weighted by atomic mass is 16.4. The van der Waals surface area contributed by atoms with Gasteiger partial charge in [0.05, 0.1) is 11.6 Å². The first-order valence-electron chi connectivity index (χ1n) is 10.8. The summed E-state index contributed by atoms with van der Waals surface area (Å²) in [5, 5.41) is 12.9. The molecule has 0 aliphatic rings. The summed E-state index contributed by atoms with van der Waals surface area (Å²) in [4.78, 5) is 10.8. The highest BCUT2D eigenvalue weighted by Gasteiger charge is 2.22. The molecule has 6 heteroatoms. The number of nitrogens with zero attached hydrogens (tertiary/aromatic N) is 4. The summed E-state index contributed by atoms with van der Waals surface area (Å²) in [7, 11) is 0. The Bertz CT molecular complexity index is 1010. The predicted octanol–water partition coefficient (Wildman–Crippen LogP) is 5.40. The maximum atomic E-state index is 9.53. The molecule has 1 unspecified atom stereocenters. The molecule has 0 spiro atoms. The van der Waals surface area contributed by atoms with E-state index in [1.165, 1.54) is 11.1 Å². The summed E-state index contributed by atoms with van der Waals surface area (Å²) < 4.78 is 5.89. The molecule has 6 nitrogen and oxygen atoms in total. The molecule has 0 saturated carbocycles. The Morgan fingerprint density at radius 1 is 1.13 bits per heavy atom. The summed E-state index contributed by atoms with van der Waals surface area (Å²) in [5.41, 5.74) is 3.65. The lowest BCUT2D eigenvalue weighted by Gasteiger charge is -2.31. The summed E-state index contributed by atoms with van der Waals surface area (Å²) in [6.07, 6.45) is 3.36. The van der Waals surface area contributed by atoms with Crippen molar-refractivity contribution in [3.8, 4) is 17.5 Å². The van der Waals surface area contributed by atoms with E-state index in [4.69, 9.17) is 4.42 Å². The Labute approximate surface area is 184 Å². The lowest BCUT2D eigenvalue weighted by atomic mass is 9.86. The second-order valence-corrected chi connectivity index (χ2v) is 8.54. The van der Waals surface area contributed by atoms with Gasteiger partial charge in [-0.2, -0.15) is 10.2 Å². The number of hydrogen-bond donors (Lipinski definition) is 1. The van der Waals surface area contributed by atoms with Crippen LogP contribution in [0.2, 0.25) is 0 Å². The van der Waals surface area contributed by atoms with Crippen LogP contribution in [-0.4, -0.2) is 34.5 Å². The van der Waals surface area contributed by atoms with Crippen molar-refractivity contribution in [2.45, 2.75) is 46.1 Å². The minimum absolute atomic E-state index is 0.117. The van der Waals surface area contributed by atoms with E-state index >= 15 is 0 Å². The Morgan fingerprint density at radius 2 is 1.84 bits per heavy atom. The molecule has 0 radical (unpaired) electrons. The molecular formula is C25H31N5O. The van der Waals surface area contributed by atoms with Crippen LogP contribution >= 0.6 is 0 Å². The topological polar surface area (TPSA) is 78.0 Å². The van der Waals surface area contributed by atoms with Gasteiger partial charge < -0.3 is 9.73 Å². The molecule has 1 aromatic carbocycles. The van der Waals surface area contributed by atoms with E-state index in [1.54, 1.807) is 12.4 Å². The fraction of sp³-hybridized carbons (Fsp3) is 0.400. The molecule has 2 aromatic heterocycles. The number of oxazole rings is 1. The van der Waals surface area contributed by atoms with Gasteiger partial charge in [0.1, 0.15) is 6.07 Å². The largest absolute Gasteiger partial charge is 0.419 e. The number of aromatic nitrogens is 2. The van der Waals surface area contributed by atoms with Crippen LogP contribution in [0, 0.1) is 11.3 Å². The number of likely N-dealkylation sites (N-methyl/N-ethyl adjacent to an activating group) is 1. The van der Waals surface area contributed by atoms with Gasteiger partial charge in [-0.3, -0.25) is 9.88 Å². The zero-order valence-corrected chi connectivity index (χ0v) is 19.0. The SMILES string of the molecule is CCN(CC)C(CNc1oc(-c2cccnc2)nc1C#N)c1ccc(C(C)(C)C)cc1. The highest BCUT2D eigenvalue weighted by molar-refractivity contribution is 5.57. The highest BCUT2D eigenvalue weighted by Crippen LogP contribution is 2.29. The number of rotatable bonds is 8. The molecule has 2 heterocycles. The van der Waals surface area contributed by atoms with Gasteiger partial charge in [-0.15, -0.1) is 0 Å². The van der Waals surface area contributed by atoms with Crippen molar-refractivity contribution in [2.75, 3.05) is 25.0 Å². The summed E-state index contributed by atoms with van der Waals surface area (Å²) in [5.74, 6) is 0.783. The van der Waals surface area contributed by atoms with Gasteiger partial charge in [-0.25, -0.2) is 0 Å². The van der Waals surface area contributed by atoms with E-state index in [9.17, 15) is 5.26 Å². The summed E-state index contributed by atoms with van der Waals surface area (Å²) >= 11 is 0.